The van der Waals surface area contributed by atoms with Crippen molar-refractivity contribution in [2.75, 3.05) is 26.4 Å². The van der Waals surface area contributed by atoms with Gasteiger partial charge in [-0.05, 0) is 41.7 Å². The Balaban J connectivity index is 1.64. The summed E-state index contributed by atoms with van der Waals surface area (Å²) in [6.45, 7) is 8.68. The Labute approximate surface area is 183 Å². The molecule has 162 valence electrons. The molecular formula is C26H28O5. The highest BCUT2D eigenvalue weighted by atomic mass is 16.6. The van der Waals surface area contributed by atoms with Crippen LogP contribution >= 0.6 is 0 Å². The summed E-state index contributed by atoms with van der Waals surface area (Å²) in [6, 6.07) is 4.04. The molecule has 0 bridgehead atoms. The minimum atomic E-state index is -0.620. The lowest BCUT2D eigenvalue weighted by atomic mass is 9.64. The van der Waals surface area contributed by atoms with Crippen LogP contribution in [0.15, 0.2) is 48.8 Å². The van der Waals surface area contributed by atoms with Crippen molar-refractivity contribution in [2.45, 2.75) is 38.4 Å². The predicted octanol–water partition coefficient (Wildman–Crippen LogP) is 4.27. The first kappa shape index (κ1) is 20.3. The SMILES string of the molecule is C=Cc1ccc(OCC2CO2)c2c1/C(=C(\CC)OCC1CO1)CC1(C=CC=CC1=O)C2. The molecule has 2 heterocycles. The van der Waals surface area contributed by atoms with Crippen molar-refractivity contribution in [3.05, 3.63) is 65.5 Å². The van der Waals surface area contributed by atoms with Gasteiger partial charge in [-0.3, -0.25) is 4.79 Å². The molecule has 2 aliphatic heterocycles. The third-order valence-corrected chi connectivity index (χ3v) is 6.40. The van der Waals surface area contributed by atoms with Crippen LogP contribution in [0.3, 0.4) is 0 Å². The summed E-state index contributed by atoms with van der Waals surface area (Å²) >= 11 is 0. The molecule has 2 aliphatic carbocycles. The van der Waals surface area contributed by atoms with E-state index in [1.54, 1.807) is 6.08 Å². The summed E-state index contributed by atoms with van der Waals surface area (Å²) in [4.78, 5) is 13.2. The first-order chi connectivity index (χ1) is 15.1. The molecule has 3 unspecified atom stereocenters. The van der Waals surface area contributed by atoms with Gasteiger partial charge in [0.25, 0.3) is 0 Å². The molecule has 5 nitrogen and oxygen atoms in total. The molecule has 0 N–H and O–H groups in total. The summed E-state index contributed by atoms with van der Waals surface area (Å²) in [6.07, 6.45) is 11.7. The molecular weight excluding hydrogens is 392 g/mol. The fourth-order valence-electron chi connectivity index (χ4n) is 4.53. The van der Waals surface area contributed by atoms with Gasteiger partial charge in [-0.2, -0.15) is 0 Å². The lowest BCUT2D eigenvalue weighted by molar-refractivity contribution is -0.121. The van der Waals surface area contributed by atoms with Crippen LogP contribution in [0.5, 0.6) is 5.75 Å². The molecule has 0 aromatic heterocycles. The van der Waals surface area contributed by atoms with Gasteiger partial charge in [0.2, 0.25) is 0 Å². The number of ether oxygens (including phenoxy) is 4. The lowest BCUT2D eigenvalue weighted by Gasteiger charge is -2.38. The van der Waals surface area contributed by atoms with Crippen molar-refractivity contribution in [3.63, 3.8) is 0 Å². The quantitative estimate of drug-likeness (QED) is 0.464. The number of hydrogen-bond donors (Lipinski definition) is 0. The van der Waals surface area contributed by atoms with Crippen molar-refractivity contribution in [2.24, 2.45) is 5.41 Å². The van der Waals surface area contributed by atoms with Gasteiger partial charge < -0.3 is 18.9 Å². The average Bonchev–Trinajstić information content (AvgIpc) is 3.69. The number of carbonyl (C=O) groups excluding carboxylic acids is 1. The molecule has 0 radical (unpaired) electrons. The monoisotopic (exact) mass is 420 g/mol. The van der Waals surface area contributed by atoms with Crippen molar-refractivity contribution in [3.8, 4) is 5.75 Å². The van der Waals surface area contributed by atoms with E-state index in [2.05, 4.69) is 13.5 Å². The number of rotatable bonds is 8. The van der Waals surface area contributed by atoms with Crippen LogP contribution in [-0.2, 0) is 25.4 Å². The second-order valence-corrected chi connectivity index (χ2v) is 8.59. The summed E-state index contributed by atoms with van der Waals surface area (Å²) in [5.41, 5.74) is 3.63. The Kier molecular flexibility index (Phi) is 5.32. The molecule has 1 aromatic rings. The van der Waals surface area contributed by atoms with Crippen LogP contribution in [0.4, 0.5) is 0 Å². The van der Waals surface area contributed by atoms with Gasteiger partial charge in [0.1, 0.15) is 31.2 Å². The van der Waals surface area contributed by atoms with E-state index in [0.717, 1.165) is 53.4 Å². The summed E-state index contributed by atoms with van der Waals surface area (Å²) in [5.74, 6) is 1.85. The second kappa shape index (κ2) is 8.13. The van der Waals surface area contributed by atoms with E-state index in [4.69, 9.17) is 18.9 Å². The number of hydrogen-bond acceptors (Lipinski definition) is 5. The van der Waals surface area contributed by atoms with Gasteiger partial charge in [-0.15, -0.1) is 0 Å². The fourth-order valence-corrected chi connectivity index (χ4v) is 4.53. The minimum Gasteiger partial charge on any atom is -0.495 e. The minimum absolute atomic E-state index is 0.125. The van der Waals surface area contributed by atoms with E-state index >= 15 is 0 Å². The first-order valence-corrected chi connectivity index (χ1v) is 11.0. The fraction of sp³-hybridized carbons (Fsp3) is 0.423. The molecule has 5 heteroatoms. The van der Waals surface area contributed by atoms with Gasteiger partial charge in [0.05, 0.1) is 24.4 Å². The number of ketones is 1. The smallest absolute Gasteiger partial charge is 0.166 e. The van der Waals surface area contributed by atoms with E-state index in [1.165, 1.54) is 0 Å². The Hall–Kier alpha value is -2.63. The number of fused-ring (bicyclic) bond motifs is 1. The van der Waals surface area contributed by atoms with Gasteiger partial charge in [-0.25, -0.2) is 0 Å². The van der Waals surface area contributed by atoms with Crippen LogP contribution in [-0.4, -0.2) is 44.4 Å². The molecule has 2 saturated heterocycles. The molecule has 31 heavy (non-hydrogen) atoms. The maximum atomic E-state index is 13.2. The van der Waals surface area contributed by atoms with Gasteiger partial charge in [0, 0.05) is 12.0 Å². The topological polar surface area (TPSA) is 60.6 Å². The Morgan fingerprint density at radius 3 is 2.65 bits per heavy atom. The highest BCUT2D eigenvalue weighted by molar-refractivity contribution is 6.01. The van der Waals surface area contributed by atoms with E-state index in [0.29, 0.717) is 26.1 Å². The molecule has 5 rings (SSSR count). The molecule has 0 amide bonds. The third-order valence-electron chi connectivity index (χ3n) is 6.40. The Bertz CT molecular complexity index is 993. The molecule has 3 atom stereocenters. The van der Waals surface area contributed by atoms with Crippen molar-refractivity contribution < 1.29 is 23.7 Å². The maximum absolute atomic E-state index is 13.2. The molecule has 2 fully saturated rings. The standard InChI is InChI=1S/C26H28O5/c1-3-17-8-9-23(31-16-19-14-29-19)21-12-26(10-6-5-7-24(26)27)11-20(25(17)21)22(4-2)30-15-18-13-28-18/h3,5-10,18-19H,1,4,11-16H2,2H3/b22-20+. The van der Waals surface area contributed by atoms with Gasteiger partial charge in [0.15, 0.2) is 5.78 Å². The molecule has 1 aromatic carbocycles. The van der Waals surface area contributed by atoms with Crippen LogP contribution < -0.4 is 4.74 Å². The molecule has 1 spiro atoms. The zero-order chi connectivity index (χ0) is 21.4. The number of allylic oxidation sites excluding steroid dienone is 6. The van der Waals surface area contributed by atoms with Crippen LogP contribution in [0.1, 0.15) is 36.5 Å². The van der Waals surface area contributed by atoms with E-state index < -0.39 is 5.41 Å². The lowest BCUT2D eigenvalue weighted by Crippen LogP contribution is -2.36. The summed E-state index contributed by atoms with van der Waals surface area (Å²) < 4.78 is 23.1. The second-order valence-electron chi connectivity index (χ2n) is 8.59. The van der Waals surface area contributed by atoms with E-state index in [-0.39, 0.29) is 18.0 Å². The van der Waals surface area contributed by atoms with Gasteiger partial charge >= 0.3 is 0 Å². The predicted molar refractivity (Wildman–Crippen MR) is 119 cm³/mol. The van der Waals surface area contributed by atoms with Crippen LogP contribution in [0.2, 0.25) is 0 Å². The first-order valence-electron chi connectivity index (χ1n) is 11.0. The normalized spacial score (nSPS) is 29.5. The Morgan fingerprint density at radius 1 is 1.19 bits per heavy atom. The number of benzene rings is 1. The zero-order valence-electron chi connectivity index (χ0n) is 17.9. The number of epoxide rings is 2. The summed E-state index contributed by atoms with van der Waals surface area (Å²) in [5, 5.41) is 0. The van der Waals surface area contributed by atoms with E-state index in [1.807, 2.05) is 36.4 Å². The third kappa shape index (κ3) is 4.00. The van der Waals surface area contributed by atoms with E-state index in [9.17, 15) is 4.79 Å². The number of carbonyl (C=O) groups is 1. The average molecular weight is 421 g/mol. The highest BCUT2D eigenvalue weighted by Crippen LogP contribution is 2.50. The Morgan fingerprint density at radius 2 is 1.97 bits per heavy atom. The van der Waals surface area contributed by atoms with Crippen molar-refractivity contribution >= 4 is 17.4 Å². The van der Waals surface area contributed by atoms with Crippen molar-refractivity contribution in [1.82, 2.24) is 0 Å². The summed E-state index contributed by atoms with van der Waals surface area (Å²) in [7, 11) is 0. The zero-order valence-corrected chi connectivity index (χ0v) is 17.9. The molecule has 4 aliphatic rings. The van der Waals surface area contributed by atoms with Crippen molar-refractivity contribution in [1.29, 1.82) is 0 Å². The van der Waals surface area contributed by atoms with Gasteiger partial charge in [-0.1, -0.05) is 43.9 Å². The highest BCUT2D eigenvalue weighted by Gasteiger charge is 2.43. The van der Waals surface area contributed by atoms with Crippen LogP contribution in [0, 0.1) is 5.41 Å². The maximum Gasteiger partial charge on any atom is 0.166 e. The largest absolute Gasteiger partial charge is 0.495 e. The van der Waals surface area contributed by atoms with Crippen LogP contribution in [0.25, 0.3) is 11.6 Å². The molecule has 0 saturated carbocycles.